The SMILES string of the molecule is CCc1ccc(Nc2cncc(N)n2)cc1C. The van der Waals surface area contributed by atoms with Gasteiger partial charge < -0.3 is 11.1 Å². The van der Waals surface area contributed by atoms with Gasteiger partial charge in [-0.1, -0.05) is 13.0 Å². The van der Waals surface area contributed by atoms with Crippen molar-refractivity contribution in [3.8, 4) is 0 Å². The van der Waals surface area contributed by atoms with E-state index in [9.17, 15) is 0 Å². The third kappa shape index (κ3) is 2.72. The number of rotatable bonds is 3. The molecule has 1 aromatic carbocycles. The number of benzene rings is 1. The maximum Gasteiger partial charge on any atom is 0.151 e. The van der Waals surface area contributed by atoms with Crippen molar-refractivity contribution < 1.29 is 0 Å². The lowest BCUT2D eigenvalue weighted by Gasteiger charge is -2.09. The largest absolute Gasteiger partial charge is 0.382 e. The van der Waals surface area contributed by atoms with Crippen LogP contribution in [0, 0.1) is 6.92 Å². The normalized spacial score (nSPS) is 10.2. The molecule has 4 heteroatoms. The van der Waals surface area contributed by atoms with E-state index in [-0.39, 0.29) is 0 Å². The third-order valence-corrected chi connectivity index (χ3v) is 2.65. The third-order valence-electron chi connectivity index (χ3n) is 2.65. The van der Waals surface area contributed by atoms with Crippen LogP contribution in [0.3, 0.4) is 0 Å². The van der Waals surface area contributed by atoms with E-state index in [2.05, 4.69) is 41.3 Å². The second kappa shape index (κ2) is 4.82. The molecule has 0 atom stereocenters. The molecular weight excluding hydrogens is 212 g/mol. The number of aryl methyl sites for hydroxylation is 2. The first-order valence-corrected chi connectivity index (χ1v) is 5.63. The molecule has 0 aliphatic heterocycles. The summed E-state index contributed by atoms with van der Waals surface area (Å²) in [4.78, 5) is 8.13. The first-order chi connectivity index (χ1) is 8.19. The first-order valence-electron chi connectivity index (χ1n) is 5.63. The van der Waals surface area contributed by atoms with Crippen molar-refractivity contribution in [1.29, 1.82) is 0 Å². The molecule has 88 valence electrons. The van der Waals surface area contributed by atoms with E-state index in [1.54, 1.807) is 6.20 Å². The zero-order valence-electron chi connectivity index (χ0n) is 10.1. The van der Waals surface area contributed by atoms with Gasteiger partial charge in [0, 0.05) is 5.69 Å². The second-order valence-corrected chi connectivity index (χ2v) is 3.95. The van der Waals surface area contributed by atoms with Crippen molar-refractivity contribution in [3.63, 3.8) is 0 Å². The number of anilines is 3. The summed E-state index contributed by atoms with van der Waals surface area (Å²) in [5.74, 6) is 1.07. The minimum atomic E-state index is 0.414. The number of nitrogens with two attached hydrogens (primary N) is 1. The number of nitrogen functional groups attached to an aromatic ring is 1. The smallest absolute Gasteiger partial charge is 0.151 e. The van der Waals surface area contributed by atoms with Gasteiger partial charge in [-0.15, -0.1) is 0 Å². The number of aromatic nitrogens is 2. The molecule has 0 aliphatic carbocycles. The molecule has 4 nitrogen and oxygen atoms in total. The molecule has 0 fully saturated rings. The lowest BCUT2D eigenvalue weighted by atomic mass is 10.1. The van der Waals surface area contributed by atoms with Crippen LogP contribution in [0.4, 0.5) is 17.3 Å². The van der Waals surface area contributed by atoms with Crippen molar-refractivity contribution in [2.45, 2.75) is 20.3 Å². The van der Waals surface area contributed by atoms with E-state index in [1.807, 2.05) is 6.07 Å². The zero-order valence-corrected chi connectivity index (χ0v) is 10.1. The lowest BCUT2D eigenvalue weighted by Crippen LogP contribution is -1.99. The van der Waals surface area contributed by atoms with Gasteiger partial charge in [0.05, 0.1) is 12.4 Å². The Morgan fingerprint density at radius 3 is 2.76 bits per heavy atom. The number of hydrogen-bond donors (Lipinski definition) is 2. The topological polar surface area (TPSA) is 63.8 Å². The molecule has 1 heterocycles. The fourth-order valence-electron chi connectivity index (χ4n) is 1.76. The van der Waals surface area contributed by atoms with Crippen LogP contribution in [0.1, 0.15) is 18.1 Å². The van der Waals surface area contributed by atoms with Crippen molar-refractivity contribution in [2.24, 2.45) is 0 Å². The molecular formula is C13H16N4. The van der Waals surface area contributed by atoms with Gasteiger partial charge in [-0.05, 0) is 36.6 Å². The summed E-state index contributed by atoms with van der Waals surface area (Å²) in [5, 5.41) is 3.18. The van der Waals surface area contributed by atoms with E-state index in [0.717, 1.165) is 12.1 Å². The zero-order chi connectivity index (χ0) is 12.3. The van der Waals surface area contributed by atoms with Gasteiger partial charge in [0.2, 0.25) is 0 Å². The standard InChI is InChI=1S/C13H16N4/c1-3-10-4-5-11(6-9(10)2)16-13-8-15-7-12(14)17-13/h4-8H,3H2,1-2H3,(H3,14,16,17). The van der Waals surface area contributed by atoms with Gasteiger partial charge in [-0.2, -0.15) is 0 Å². The Morgan fingerprint density at radius 1 is 1.29 bits per heavy atom. The molecule has 0 radical (unpaired) electrons. The Labute approximate surface area is 101 Å². The van der Waals surface area contributed by atoms with E-state index in [1.165, 1.54) is 17.3 Å². The number of hydrogen-bond acceptors (Lipinski definition) is 4. The van der Waals surface area contributed by atoms with Crippen LogP contribution in [0.2, 0.25) is 0 Å². The monoisotopic (exact) mass is 228 g/mol. The molecule has 17 heavy (non-hydrogen) atoms. The molecule has 2 aromatic rings. The van der Waals surface area contributed by atoms with Gasteiger partial charge in [0.1, 0.15) is 5.82 Å². The van der Waals surface area contributed by atoms with Crippen LogP contribution in [-0.2, 0) is 6.42 Å². The minimum Gasteiger partial charge on any atom is -0.382 e. The molecule has 0 saturated carbocycles. The average Bonchev–Trinajstić information content (AvgIpc) is 2.29. The van der Waals surface area contributed by atoms with Gasteiger partial charge in [-0.25, -0.2) is 4.98 Å². The van der Waals surface area contributed by atoms with E-state index in [4.69, 9.17) is 5.73 Å². The van der Waals surface area contributed by atoms with Crippen LogP contribution in [0.15, 0.2) is 30.6 Å². The number of nitrogens with zero attached hydrogens (tertiary/aromatic N) is 2. The average molecular weight is 228 g/mol. The summed E-state index contributed by atoms with van der Waals surface area (Å²) in [6, 6.07) is 6.26. The predicted octanol–water partition coefficient (Wildman–Crippen LogP) is 2.67. The van der Waals surface area contributed by atoms with Gasteiger partial charge in [0.25, 0.3) is 0 Å². The molecule has 0 amide bonds. The summed E-state index contributed by atoms with van der Waals surface area (Å²) in [6.07, 6.45) is 4.22. The maximum atomic E-state index is 5.57. The quantitative estimate of drug-likeness (QED) is 0.847. The highest BCUT2D eigenvalue weighted by molar-refractivity contribution is 5.58. The van der Waals surface area contributed by atoms with Gasteiger partial charge in [0.15, 0.2) is 5.82 Å². The first kappa shape index (κ1) is 11.4. The molecule has 0 unspecified atom stereocenters. The van der Waals surface area contributed by atoms with Crippen LogP contribution in [-0.4, -0.2) is 9.97 Å². The summed E-state index contributed by atoms with van der Waals surface area (Å²) in [6.45, 7) is 4.26. The fraction of sp³-hybridized carbons (Fsp3) is 0.231. The van der Waals surface area contributed by atoms with E-state index >= 15 is 0 Å². The molecule has 3 N–H and O–H groups in total. The van der Waals surface area contributed by atoms with Crippen LogP contribution in [0.25, 0.3) is 0 Å². The molecule has 0 bridgehead atoms. The van der Waals surface area contributed by atoms with Crippen LogP contribution >= 0.6 is 0 Å². The molecule has 0 spiro atoms. The van der Waals surface area contributed by atoms with Crippen molar-refractivity contribution in [2.75, 3.05) is 11.1 Å². The Balaban J connectivity index is 2.22. The summed E-state index contributed by atoms with van der Waals surface area (Å²) >= 11 is 0. The highest BCUT2D eigenvalue weighted by atomic mass is 15.0. The Bertz CT molecular complexity index is 523. The summed E-state index contributed by atoms with van der Waals surface area (Å²) in [5.41, 5.74) is 9.20. The molecule has 2 rings (SSSR count). The summed E-state index contributed by atoms with van der Waals surface area (Å²) < 4.78 is 0. The number of nitrogens with one attached hydrogen (secondary N) is 1. The lowest BCUT2D eigenvalue weighted by molar-refractivity contribution is 1.11. The second-order valence-electron chi connectivity index (χ2n) is 3.95. The minimum absolute atomic E-state index is 0.414. The molecule has 0 aliphatic rings. The highest BCUT2D eigenvalue weighted by Gasteiger charge is 2.00. The van der Waals surface area contributed by atoms with Crippen molar-refractivity contribution in [1.82, 2.24) is 9.97 Å². The van der Waals surface area contributed by atoms with Gasteiger partial charge >= 0.3 is 0 Å². The van der Waals surface area contributed by atoms with Crippen molar-refractivity contribution >= 4 is 17.3 Å². The molecule has 0 saturated heterocycles. The fourth-order valence-corrected chi connectivity index (χ4v) is 1.76. The Hall–Kier alpha value is -2.10. The summed E-state index contributed by atoms with van der Waals surface area (Å²) in [7, 11) is 0. The van der Waals surface area contributed by atoms with Gasteiger partial charge in [-0.3, -0.25) is 4.98 Å². The van der Waals surface area contributed by atoms with E-state index < -0.39 is 0 Å². The Morgan fingerprint density at radius 2 is 2.12 bits per heavy atom. The van der Waals surface area contributed by atoms with Crippen molar-refractivity contribution in [3.05, 3.63) is 41.7 Å². The Kier molecular flexibility index (Phi) is 3.23. The van der Waals surface area contributed by atoms with Crippen LogP contribution in [0.5, 0.6) is 0 Å². The van der Waals surface area contributed by atoms with E-state index in [0.29, 0.717) is 11.6 Å². The maximum absolute atomic E-state index is 5.57. The molecule has 1 aromatic heterocycles. The van der Waals surface area contributed by atoms with Crippen LogP contribution < -0.4 is 11.1 Å². The highest BCUT2D eigenvalue weighted by Crippen LogP contribution is 2.19. The predicted molar refractivity (Wildman–Crippen MR) is 70.3 cm³/mol.